The van der Waals surface area contributed by atoms with Crippen LogP contribution in [0.3, 0.4) is 0 Å². The Morgan fingerprint density at radius 1 is 1.00 bits per heavy atom. The molecular weight excluding hydrogens is 490 g/mol. The van der Waals surface area contributed by atoms with Crippen molar-refractivity contribution in [2.75, 3.05) is 7.11 Å². The number of aliphatic hydroxyl groups excluding tert-OH is 1. The van der Waals surface area contributed by atoms with E-state index in [0.717, 1.165) is 11.1 Å². The molecule has 6 nitrogen and oxygen atoms in total. The molecule has 7 heteroatoms. The number of carbonyl (C=O) groups excluding carboxylic acids is 2. The number of rotatable bonds is 6. The average molecular weight is 520 g/mol. The molecule has 1 saturated heterocycles. The number of halogens is 1. The maximum absolute atomic E-state index is 13.5. The van der Waals surface area contributed by atoms with Gasteiger partial charge in [0.2, 0.25) is 0 Å². The molecule has 0 saturated carbocycles. The minimum absolute atomic E-state index is 0.0228. The van der Waals surface area contributed by atoms with Crippen LogP contribution in [0.25, 0.3) is 5.76 Å². The molecule has 1 aliphatic rings. The van der Waals surface area contributed by atoms with Crippen molar-refractivity contribution in [3.05, 3.63) is 99.6 Å². The summed E-state index contributed by atoms with van der Waals surface area (Å²) in [5.74, 6) is -0.873. The standard InChI is InChI=1S/C30H30ClNO5/c1-18-9-8-11-19(15-18)26-25(27(33)22-16-21(31)13-14-24(22)36-5)28(34)29(35)32(26)17-20-10-6-7-12-23(20)37-30(2,3)4/h6-16,26,33H,17H2,1-5H3/b27-25+. The Morgan fingerprint density at radius 3 is 2.41 bits per heavy atom. The highest BCUT2D eigenvalue weighted by atomic mass is 35.5. The van der Waals surface area contributed by atoms with Gasteiger partial charge < -0.3 is 19.5 Å². The van der Waals surface area contributed by atoms with Crippen molar-refractivity contribution in [3.63, 3.8) is 0 Å². The van der Waals surface area contributed by atoms with Crippen molar-refractivity contribution in [1.29, 1.82) is 0 Å². The van der Waals surface area contributed by atoms with E-state index in [1.807, 2.05) is 76.2 Å². The van der Waals surface area contributed by atoms with Gasteiger partial charge >= 0.3 is 0 Å². The average Bonchev–Trinajstić information content (AvgIpc) is 3.09. The number of hydrogen-bond acceptors (Lipinski definition) is 5. The van der Waals surface area contributed by atoms with Gasteiger partial charge in [0.25, 0.3) is 11.7 Å². The van der Waals surface area contributed by atoms with Gasteiger partial charge in [0.1, 0.15) is 22.9 Å². The smallest absolute Gasteiger partial charge is 0.295 e. The van der Waals surface area contributed by atoms with Gasteiger partial charge in [0, 0.05) is 10.6 Å². The van der Waals surface area contributed by atoms with Crippen LogP contribution < -0.4 is 9.47 Å². The topological polar surface area (TPSA) is 76.1 Å². The van der Waals surface area contributed by atoms with E-state index in [1.165, 1.54) is 18.1 Å². The molecule has 1 fully saturated rings. The number of carbonyl (C=O) groups is 2. The molecule has 1 unspecified atom stereocenters. The highest BCUT2D eigenvalue weighted by Crippen LogP contribution is 2.43. The fraction of sp³-hybridized carbons (Fsp3) is 0.267. The molecule has 0 aliphatic carbocycles. The third kappa shape index (κ3) is 5.49. The lowest BCUT2D eigenvalue weighted by Crippen LogP contribution is -2.30. The Morgan fingerprint density at radius 2 is 1.73 bits per heavy atom. The predicted octanol–water partition coefficient (Wildman–Crippen LogP) is 6.46. The second-order valence-corrected chi connectivity index (χ2v) is 10.4. The molecule has 3 aromatic rings. The molecule has 0 bridgehead atoms. The van der Waals surface area contributed by atoms with Gasteiger partial charge in [-0.2, -0.15) is 0 Å². The second kappa shape index (κ2) is 10.3. The summed E-state index contributed by atoms with van der Waals surface area (Å²) in [5.41, 5.74) is 2.17. The molecule has 0 spiro atoms. The number of para-hydroxylation sites is 1. The fourth-order valence-electron chi connectivity index (χ4n) is 4.49. The number of methoxy groups -OCH3 is 1. The zero-order chi connectivity index (χ0) is 26.9. The fourth-order valence-corrected chi connectivity index (χ4v) is 4.66. The van der Waals surface area contributed by atoms with Crippen LogP contribution in [0.4, 0.5) is 0 Å². The van der Waals surface area contributed by atoms with Gasteiger partial charge in [-0.1, -0.05) is 59.6 Å². The summed E-state index contributed by atoms with van der Waals surface area (Å²) in [5, 5.41) is 11.8. The lowest BCUT2D eigenvalue weighted by molar-refractivity contribution is -0.140. The maximum Gasteiger partial charge on any atom is 0.295 e. The molecule has 4 rings (SSSR count). The first-order valence-electron chi connectivity index (χ1n) is 12.0. The summed E-state index contributed by atoms with van der Waals surface area (Å²) in [7, 11) is 1.46. The number of aryl methyl sites for hydroxylation is 1. The van der Waals surface area contributed by atoms with E-state index < -0.39 is 23.3 Å². The number of ketones is 1. The number of likely N-dealkylation sites (tertiary alicyclic amines) is 1. The van der Waals surface area contributed by atoms with Crippen molar-refractivity contribution < 1.29 is 24.2 Å². The summed E-state index contributed by atoms with van der Waals surface area (Å²) in [6.45, 7) is 7.88. The number of Topliss-reactive ketones (excluding diaryl/α,β-unsaturated/α-hetero) is 1. The van der Waals surface area contributed by atoms with E-state index in [-0.39, 0.29) is 23.4 Å². The first-order valence-corrected chi connectivity index (χ1v) is 12.3. The van der Waals surface area contributed by atoms with Crippen molar-refractivity contribution in [2.45, 2.75) is 45.9 Å². The van der Waals surface area contributed by atoms with Crippen LogP contribution in [0.1, 0.15) is 49.1 Å². The minimum Gasteiger partial charge on any atom is -0.507 e. The lowest BCUT2D eigenvalue weighted by atomic mass is 9.94. The number of hydrogen-bond donors (Lipinski definition) is 1. The molecule has 1 amide bonds. The monoisotopic (exact) mass is 519 g/mol. The number of aliphatic hydroxyl groups is 1. The van der Waals surface area contributed by atoms with E-state index in [9.17, 15) is 14.7 Å². The van der Waals surface area contributed by atoms with E-state index in [2.05, 4.69) is 0 Å². The molecule has 1 N–H and O–H groups in total. The van der Waals surface area contributed by atoms with Crippen LogP contribution in [-0.2, 0) is 16.1 Å². The van der Waals surface area contributed by atoms with E-state index in [4.69, 9.17) is 21.1 Å². The molecule has 3 aromatic carbocycles. The van der Waals surface area contributed by atoms with E-state index in [0.29, 0.717) is 22.1 Å². The molecule has 1 heterocycles. The Kier molecular flexibility index (Phi) is 7.32. The second-order valence-electron chi connectivity index (χ2n) is 10.0. The first-order chi connectivity index (χ1) is 17.5. The van der Waals surface area contributed by atoms with Crippen molar-refractivity contribution >= 4 is 29.1 Å². The molecule has 1 atom stereocenters. The van der Waals surface area contributed by atoms with Gasteiger partial charge in [0.05, 0.1) is 30.8 Å². The Hall–Kier alpha value is -3.77. The van der Waals surface area contributed by atoms with Gasteiger partial charge in [-0.05, 0) is 57.5 Å². The molecule has 1 aliphatic heterocycles. The normalized spacial score (nSPS) is 17.2. The Balaban J connectivity index is 1.89. The van der Waals surface area contributed by atoms with Crippen LogP contribution in [0.15, 0.2) is 72.3 Å². The van der Waals surface area contributed by atoms with Gasteiger partial charge in [0.15, 0.2) is 0 Å². The van der Waals surface area contributed by atoms with Gasteiger partial charge in [-0.15, -0.1) is 0 Å². The highest BCUT2D eigenvalue weighted by molar-refractivity contribution is 6.46. The summed E-state index contributed by atoms with van der Waals surface area (Å²) < 4.78 is 11.5. The van der Waals surface area contributed by atoms with Gasteiger partial charge in [-0.3, -0.25) is 9.59 Å². The molecular formula is C30H30ClNO5. The summed E-state index contributed by atoms with van der Waals surface area (Å²) in [6.07, 6.45) is 0. The van der Waals surface area contributed by atoms with Crippen LogP contribution in [0.2, 0.25) is 5.02 Å². The van der Waals surface area contributed by atoms with Crippen molar-refractivity contribution in [3.8, 4) is 11.5 Å². The highest BCUT2D eigenvalue weighted by Gasteiger charge is 2.46. The molecule has 37 heavy (non-hydrogen) atoms. The predicted molar refractivity (Wildman–Crippen MR) is 144 cm³/mol. The maximum atomic E-state index is 13.5. The van der Waals surface area contributed by atoms with Crippen molar-refractivity contribution in [1.82, 2.24) is 4.90 Å². The SMILES string of the molecule is COc1ccc(Cl)cc1/C(O)=C1\C(=O)C(=O)N(Cc2ccccc2OC(C)(C)C)C1c1cccc(C)c1. The molecule has 0 radical (unpaired) electrons. The summed E-state index contributed by atoms with van der Waals surface area (Å²) in [4.78, 5) is 28.4. The number of ether oxygens (including phenoxy) is 2. The largest absolute Gasteiger partial charge is 0.507 e. The Labute approximate surface area is 222 Å². The summed E-state index contributed by atoms with van der Waals surface area (Å²) >= 11 is 6.20. The third-order valence-electron chi connectivity index (χ3n) is 6.04. The quantitative estimate of drug-likeness (QED) is 0.230. The van der Waals surface area contributed by atoms with Gasteiger partial charge in [-0.25, -0.2) is 0 Å². The van der Waals surface area contributed by atoms with Crippen LogP contribution >= 0.6 is 11.6 Å². The van der Waals surface area contributed by atoms with E-state index in [1.54, 1.807) is 12.1 Å². The first kappa shape index (κ1) is 26.3. The molecule has 0 aromatic heterocycles. The van der Waals surface area contributed by atoms with E-state index >= 15 is 0 Å². The molecule has 192 valence electrons. The lowest BCUT2D eigenvalue weighted by Gasteiger charge is -2.28. The van der Waals surface area contributed by atoms with Crippen LogP contribution in [0, 0.1) is 6.92 Å². The number of benzene rings is 3. The number of nitrogens with zero attached hydrogens (tertiary/aromatic N) is 1. The minimum atomic E-state index is -0.828. The zero-order valence-corrected chi connectivity index (χ0v) is 22.3. The third-order valence-corrected chi connectivity index (χ3v) is 6.28. The Bertz CT molecular complexity index is 1390. The summed E-state index contributed by atoms with van der Waals surface area (Å²) in [6, 6.07) is 18.9. The zero-order valence-electron chi connectivity index (χ0n) is 21.5. The number of amides is 1. The van der Waals surface area contributed by atoms with Crippen molar-refractivity contribution in [2.24, 2.45) is 0 Å². The van der Waals surface area contributed by atoms with Crippen LogP contribution in [0.5, 0.6) is 11.5 Å². The van der Waals surface area contributed by atoms with Crippen LogP contribution in [-0.4, -0.2) is 34.4 Å².